The monoisotopic (exact) mass is 376 g/mol. The first-order valence-electron chi connectivity index (χ1n) is 9.49. The molecular formula is C20H26F2N4O. The van der Waals surface area contributed by atoms with Crippen LogP contribution in [0.25, 0.3) is 10.9 Å². The lowest BCUT2D eigenvalue weighted by molar-refractivity contribution is 0.198. The summed E-state index contributed by atoms with van der Waals surface area (Å²) < 4.78 is 30.8. The first-order chi connectivity index (χ1) is 12.8. The maximum absolute atomic E-state index is 15.0. The first kappa shape index (κ1) is 18.2. The first-order valence-corrected chi connectivity index (χ1v) is 9.49. The van der Waals surface area contributed by atoms with Gasteiger partial charge in [0.25, 0.3) is 5.56 Å². The van der Waals surface area contributed by atoms with E-state index in [2.05, 4.69) is 28.7 Å². The molecule has 1 aromatic carbocycles. The zero-order valence-electron chi connectivity index (χ0n) is 16.5. The largest absolute Gasteiger partial charge is 0.364 e. The van der Waals surface area contributed by atoms with Crippen LogP contribution in [-0.2, 0) is 7.05 Å². The van der Waals surface area contributed by atoms with E-state index in [1.807, 2.05) is 6.92 Å². The average molecular weight is 376 g/mol. The van der Waals surface area contributed by atoms with E-state index in [9.17, 15) is 13.6 Å². The summed E-state index contributed by atoms with van der Waals surface area (Å²) in [5.41, 5.74) is 1.14. The van der Waals surface area contributed by atoms with Crippen LogP contribution in [0.4, 0.5) is 20.2 Å². The Bertz CT molecular complexity index is 987. The normalized spacial score (nSPS) is 22.9. The maximum atomic E-state index is 15.0. The highest BCUT2D eigenvalue weighted by molar-refractivity contribution is 6.00. The quantitative estimate of drug-likeness (QED) is 0.765. The summed E-state index contributed by atoms with van der Waals surface area (Å²) in [6.45, 7) is 8.54. The number of fused-ring (bicyclic) bond motifs is 5. The van der Waals surface area contributed by atoms with Crippen molar-refractivity contribution in [3.05, 3.63) is 33.6 Å². The number of rotatable bonds is 1. The van der Waals surface area contributed by atoms with Crippen LogP contribution >= 0.6 is 0 Å². The van der Waals surface area contributed by atoms with Gasteiger partial charge >= 0.3 is 0 Å². The molecule has 4 rings (SSSR count). The number of aromatic nitrogens is 1. The van der Waals surface area contributed by atoms with Gasteiger partial charge in [-0.2, -0.15) is 0 Å². The Balaban J connectivity index is 2.10. The van der Waals surface area contributed by atoms with Crippen molar-refractivity contribution in [3.63, 3.8) is 0 Å². The van der Waals surface area contributed by atoms with Crippen molar-refractivity contribution in [2.45, 2.75) is 32.9 Å². The highest BCUT2D eigenvalue weighted by Gasteiger charge is 2.39. The van der Waals surface area contributed by atoms with Gasteiger partial charge in [0.15, 0.2) is 5.82 Å². The molecule has 5 nitrogen and oxygen atoms in total. The molecule has 2 aliphatic heterocycles. The molecule has 27 heavy (non-hydrogen) atoms. The molecule has 0 radical (unpaired) electrons. The summed E-state index contributed by atoms with van der Waals surface area (Å²) in [5.74, 6) is -1.23. The molecule has 2 unspecified atom stereocenters. The molecule has 1 saturated heterocycles. The van der Waals surface area contributed by atoms with E-state index in [0.29, 0.717) is 29.3 Å². The van der Waals surface area contributed by atoms with Gasteiger partial charge < -0.3 is 14.4 Å². The molecule has 0 N–H and O–H groups in total. The van der Waals surface area contributed by atoms with Crippen LogP contribution in [0.3, 0.4) is 0 Å². The van der Waals surface area contributed by atoms with Crippen molar-refractivity contribution in [3.8, 4) is 0 Å². The molecule has 7 heteroatoms. The van der Waals surface area contributed by atoms with Crippen LogP contribution in [0.15, 0.2) is 10.9 Å². The average Bonchev–Trinajstić information content (AvgIpc) is 2.63. The number of halogens is 2. The van der Waals surface area contributed by atoms with Crippen LogP contribution < -0.4 is 15.4 Å². The Morgan fingerprint density at radius 2 is 1.85 bits per heavy atom. The molecule has 0 aliphatic carbocycles. The van der Waals surface area contributed by atoms with Gasteiger partial charge in [0.05, 0.1) is 17.2 Å². The highest BCUT2D eigenvalue weighted by atomic mass is 19.1. The molecule has 0 saturated carbocycles. The second-order valence-electron chi connectivity index (χ2n) is 7.89. The van der Waals surface area contributed by atoms with Gasteiger partial charge in [-0.15, -0.1) is 0 Å². The van der Waals surface area contributed by atoms with Crippen molar-refractivity contribution in [1.29, 1.82) is 0 Å². The third-order valence-electron chi connectivity index (χ3n) is 6.31. The minimum atomic E-state index is -0.653. The lowest BCUT2D eigenvalue weighted by atomic mass is 9.98. The van der Waals surface area contributed by atoms with Crippen LogP contribution in [0.5, 0.6) is 0 Å². The minimum absolute atomic E-state index is 0.0519. The molecule has 2 aromatic rings. The molecule has 0 amide bonds. The molecule has 2 atom stereocenters. The Morgan fingerprint density at radius 3 is 2.52 bits per heavy atom. The maximum Gasteiger partial charge on any atom is 0.276 e. The van der Waals surface area contributed by atoms with Crippen LogP contribution in [-0.4, -0.2) is 54.8 Å². The second kappa shape index (κ2) is 6.19. The summed E-state index contributed by atoms with van der Waals surface area (Å²) in [6, 6.07) is 1.87. The minimum Gasteiger partial charge on any atom is -0.364 e. The van der Waals surface area contributed by atoms with E-state index in [4.69, 9.17) is 0 Å². The second-order valence-corrected chi connectivity index (χ2v) is 7.89. The molecular weight excluding hydrogens is 350 g/mol. The van der Waals surface area contributed by atoms with Crippen molar-refractivity contribution in [2.24, 2.45) is 7.05 Å². The summed E-state index contributed by atoms with van der Waals surface area (Å²) >= 11 is 0. The van der Waals surface area contributed by atoms with Crippen LogP contribution in [0.1, 0.15) is 19.4 Å². The zero-order chi connectivity index (χ0) is 19.6. The number of hydrogen-bond acceptors (Lipinski definition) is 4. The standard InChI is InChI=1S/C20H26F2N4O/c1-6-25-10-13-9-23(4)11(2)8-26(13)18-14-7-15(21)12(3)16(22)17(14)24(5)20(27)19(18)25/h7,11,13H,6,8-10H2,1-5H3. The number of pyridine rings is 1. The van der Waals surface area contributed by atoms with Crippen molar-refractivity contribution in [2.75, 3.05) is 43.0 Å². The van der Waals surface area contributed by atoms with Gasteiger partial charge in [-0.05, 0) is 33.9 Å². The fourth-order valence-electron chi connectivity index (χ4n) is 4.52. The number of nitrogens with zero attached hydrogens (tertiary/aromatic N) is 4. The number of hydrogen-bond donors (Lipinski definition) is 0. The van der Waals surface area contributed by atoms with E-state index in [1.165, 1.54) is 17.6 Å². The van der Waals surface area contributed by atoms with Crippen molar-refractivity contribution < 1.29 is 8.78 Å². The summed E-state index contributed by atoms with van der Waals surface area (Å²) in [5, 5.41) is 0.479. The number of aryl methyl sites for hydroxylation is 1. The SMILES string of the molecule is CCN1CC2CN(C)C(C)CN2c2c1c(=O)n(C)c1c(F)c(C)c(F)cc21. The lowest BCUT2D eigenvalue weighted by Crippen LogP contribution is -2.62. The summed E-state index contributed by atoms with van der Waals surface area (Å²) in [7, 11) is 3.66. The molecule has 0 spiro atoms. The van der Waals surface area contributed by atoms with E-state index in [0.717, 1.165) is 19.6 Å². The Labute approximate surface area is 157 Å². The molecule has 1 fully saturated rings. The van der Waals surface area contributed by atoms with Crippen LogP contribution in [0, 0.1) is 18.6 Å². The third-order valence-corrected chi connectivity index (χ3v) is 6.31. The fraction of sp³-hybridized carbons (Fsp3) is 0.550. The van der Waals surface area contributed by atoms with Gasteiger partial charge in [0.1, 0.15) is 11.5 Å². The highest BCUT2D eigenvalue weighted by Crippen LogP contribution is 2.41. The number of piperazine rings is 1. The Hall–Kier alpha value is -2.15. The summed E-state index contributed by atoms with van der Waals surface area (Å²) in [6.07, 6.45) is 0. The van der Waals surface area contributed by atoms with Crippen molar-refractivity contribution in [1.82, 2.24) is 9.47 Å². The topological polar surface area (TPSA) is 31.7 Å². The van der Waals surface area contributed by atoms with Gasteiger partial charge in [0, 0.05) is 50.2 Å². The van der Waals surface area contributed by atoms with E-state index in [-0.39, 0.29) is 22.7 Å². The zero-order valence-corrected chi connectivity index (χ0v) is 16.5. The fourth-order valence-corrected chi connectivity index (χ4v) is 4.52. The van der Waals surface area contributed by atoms with Gasteiger partial charge in [-0.3, -0.25) is 9.69 Å². The van der Waals surface area contributed by atoms with Crippen LogP contribution in [0.2, 0.25) is 0 Å². The molecule has 146 valence electrons. The predicted molar refractivity (Wildman–Crippen MR) is 105 cm³/mol. The molecule has 1 aromatic heterocycles. The third kappa shape index (κ3) is 2.47. The number of anilines is 2. The number of benzene rings is 1. The van der Waals surface area contributed by atoms with Gasteiger partial charge in [-0.25, -0.2) is 8.78 Å². The van der Waals surface area contributed by atoms with Crippen molar-refractivity contribution >= 4 is 22.3 Å². The molecule has 3 heterocycles. The van der Waals surface area contributed by atoms with Gasteiger partial charge in [-0.1, -0.05) is 0 Å². The predicted octanol–water partition coefficient (Wildman–Crippen LogP) is 2.47. The lowest BCUT2D eigenvalue weighted by Gasteiger charge is -2.51. The Kier molecular flexibility index (Phi) is 4.18. The van der Waals surface area contributed by atoms with E-state index >= 15 is 0 Å². The number of likely N-dealkylation sites (N-methyl/N-ethyl adjacent to an activating group) is 2. The van der Waals surface area contributed by atoms with E-state index in [1.54, 1.807) is 7.05 Å². The van der Waals surface area contributed by atoms with E-state index < -0.39 is 11.6 Å². The Morgan fingerprint density at radius 1 is 1.15 bits per heavy atom. The smallest absolute Gasteiger partial charge is 0.276 e. The molecule has 2 aliphatic rings. The summed E-state index contributed by atoms with van der Waals surface area (Å²) in [4.78, 5) is 19.7. The van der Waals surface area contributed by atoms with Gasteiger partial charge in [0.2, 0.25) is 0 Å². The molecule has 0 bridgehead atoms.